The molecule has 17 heavy (non-hydrogen) atoms. The van der Waals surface area contributed by atoms with E-state index in [-0.39, 0.29) is 0 Å². The van der Waals surface area contributed by atoms with Gasteiger partial charge in [0.2, 0.25) is 0 Å². The van der Waals surface area contributed by atoms with Crippen LogP contribution in [0.4, 0.5) is 0 Å². The highest BCUT2D eigenvalue weighted by Gasteiger charge is 2.31. The fraction of sp³-hybridized carbons (Fsp3) is 0.647. The molecule has 0 heteroatoms. The molecule has 98 valence electrons. The topological polar surface area (TPSA) is 0 Å². The van der Waals surface area contributed by atoms with Crippen molar-refractivity contribution in [2.45, 2.75) is 67.2 Å². The maximum Gasteiger partial charge on any atom is -0.0136 e. The van der Waals surface area contributed by atoms with Crippen molar-refractivity contribution in [1.82, 2.24) is 0 Å². The van der Waals surface area contributed by atoms with Crippen molar-refractivity contribution in [3.8, 4) is 0 Å². The van der Waals surface area contributed by atoms with E-state index in [1.54, 1.807) is 11.1 Å². The summed E-state index contributed by atoms with van der Waals surface area (Å²) in [7, 11) is 0. The molecule has 0 aromatic heterocycles. The van der Waals surface area contributed by atoms with Crippen LogP contribution in [0.2, 0.25) is 0 Å². The molecule has 0 saturated carbocycles. The molecule has 1 aliphatic rings. The Balaban J connectivity index is 0.000000581. The Morgan fingerprint density at radius 2 is 1.53 bits per heavy atom. The molecule has 1 unspecified atom stereocenters. The molecular weight excluding hydrogens is 204 g/mol. The van der Waals surface area contributed by atoms with Crippen molar-refractivity contribution in [3.63, 3.8) is 0 Å². The maximum atomic E-state index is 2.38. The highest BCUT2D eigenvalue weighted by Crippen LogP contribution is 2.44. The summed E-state index contributed by atoms with van der Waals surface area (Å²) in [6, 6.07) is 8.89. The van der Waals surface area contributed by atoms with Crippen molar-refractivity contribution < 1.29 is 0 Å². The Kier molecular flexibility index (Phi) is 7.18. The zero-order chi connectivity index (χ0) is 13.5. The zero-order valence-corrected chi connectivity index (χ0v) is 12.8. The van der Waals surface area contributed by atoms with Gasteiger partial charge in [0.1, 0.15) is 0 Å². The molecule has 1 aliphatic carbocycles. The van der Waals surface area contributed by atoms with Crippen LogP contribution in [0.3, 0.4) is 0 Å². The molecule has 0 nitrogen and oxygen atoms in total. The van der Waals surface area contributed by atoms with E-state index in [4.69, 9.17) is 0 Å². The molecule has 1 atom stereocenters. The van der Waals surface area contributed by atoms with Crippen molar-refractivity contribution in [1.29, 1.82) is 0 Å². The van der Waals surface area contributed by atoms with E-state index in [1.807, 2.05) is 27.7 Å². The van der Waals surface area contributed by atoms with E-state index in [0.29, 0.717) is 11.3 Å². The molecule has 0 bridgehead atoms. The summed E-state index contributed by atoms with van der Waals surface area (Å²) in [6.07, 6.45) is 2.58. The maximum absolute atomic E-state index is 2.38. The van der Waals surface area contributed by atoms with Gasteiger partial charge in [-0.3, -0.25) is 0 Å². The number of aryl methyl sites for hydroxylation is 1. The van der Waals surface area contributed by atoms with Gasteiger partial charge in [0.15, 0.2) is 0 Å². The average molecular weight is 234 g/mol. The third kappa shape index (κ3) is 3.87. The lowest BCUT2D eigenvalue weighted by Gasteiger charge is -2.38. The van der Waals surface area contributed by atoms with Crippen molar-refractivity contribution in [2.75, 3.05) is 0 Å². The number of hydrogen-bond donors (Lipinski definition) is 0. The van der Waals surface area contributed by atoms with Gasteiger partial charge in [-0.1, -0.05) is 72.7 Å². The molecule has 0 saturated heterocycles. The standard InChI is InChI=1S/C13H18.2C2H6/c1-10-12-7-5-4-6-11(12)8-9-13(10,2)3;2*1-2/h4-7,10H,8-9H2,1-3H3;2*1-2H3. The Bertz CT molecular complexity index is 310. The van der Waals surface area contributed by atoms with Crippen LogP contribution in [-0.4, -0.2) is 0 Å². The number of fused-ring (bicyclic) bond motifs is 1. The van der Waals surface area contributed by atoms with Gasteiger partial charge in [-0.2, -0.15) is 0 Å². The van der Waals surface area contributed by atoms with Gasteiger partial charge >= 0.3 is 0 Å². The van der Waals surface area contributed by atoms with Crippen molar-refractivity contribution >= 4 is 0 Å². The summed E-state index contributed by atoms with van der Waals surface area (Å²) in [5, 5.41) is 0. The molecule has 0 spiro atoms. The molecule has 0 fully saturated rings. The Morgan fingerprint density at radius 1 is 1.00 bits per heavy atom. The first kappa shape index (κ1) is 16.2. The first-order valence-corrected chi connectivity index (χ1v) is 7.19. The predicted octanol–water partition coefficient (Wildman–Crippen LogP) is 5.81. The lowest BCUT2D eigenvalue weighted by molar-refractivity contribution is 0.259. The van der Waals surface area contributed by atoms with Gasteiger partial charge in [-0.15, -0.1) is 0 Å². The van der Waals surface area contributed by atoms with E-state index >= 15 is 0 Å². The van der Waals surface area contributed by atoms with Crippen molar-refractivity contribution in [2.24, 2.45) is 5.41 Å². The molecule has 1 aromatic rings. The van der Waals surface area contributed by atoms with Crippen LogP contribution in [-0.2, 0) is 6.42 Å². The number of benzene rings is 1. The minimum atomic E-state index is 0.481. The van der Waals surface area contributed by atoms with Crippen molar-refractivity contribution in [3.05, 3.63) is 35.4 Å². The number of hydrogen-bond acceptors (Lipinski definition) is 0. The summed E-state index contributed by atoms with van der Waals surface area (Å²) >= 11 is 0. The summed E-state index contributed by atoms with van der Waals surface area (Å²) in [4.78, 5) is 0. The normalized spacial score (nSPS) is 20.1. The van der Waals surface area contributed by atoms with Crippen LogP contribution >= 0.6 is 0 Å². The molecular formula is C17H30. The minimum Gasteiger partial charge on any atom is -0.0683 e. The molecule has 2 rings (SSSR count). The van der Waals surface area contributed by atoms with E-state index < -0.39 is 0 Å². The molecule has 0 radical (unpaired) electrons. The molecule has 0 aliphatic heterocycles. The first-order valence-electron chi connectivity index (χ1n) is 7.19. The van der Waals surface area contributed by atoms with Gasteiger partial charge in [-0.05, 0) is 35.3 Å². The van der Waals surface area contributed by atoms with Gasteiger partial charge in [-0.25, -0.2) is 0 Å². The zero-order valence-electron chi connectivity index (χ0n) is 12.8. The molecule has 0 N–H and O–H groups in total. The average Bonchev–Trinajstić information content (AvgIpc) is 2.39. The summed E-state index contributed by atoms with van der Waals surface area (Å²) in [5.41, 5.74) is 3.61. The smallest absolute Gasteiger partial charge is 0.0136 e. The van der Waals surface area contributed by atoms with Crippen LogP contribution in [0.1, 0.15) is 71.9 Å². The fourth-order valence-electron chi connectivity index (χ4n) is 2.28. The van der Waals surface area contributed by atoms with Gasteiger partial charge in [0.05, 0.1) is 0 Å². The van der Waals surface area contributed by atoms with E-state index in [2.05, 4.69) is 45.0 Å². The lowest BCUT2D eigenvalue weighted by Crippen LogP contribution is -2.26. The second-order valence-electron chi connectivity index (χ2n) is 4.91. The fourth-order valence-corrected chi connectivity index (χ4v) is 2.28. The van der Waals surface area contributed by atoms with Gasteiger partial charge in [0, 0.05) is 0 Å². The Hall–Kier alpha value is -0.780. The second-order valence-corrected chi connectivity index (χ2v) is 4.91. The van der Waals surface area contributed by atoms with Crippen LogP contribution in [0.25, 0.3) is 0 Å². The second kappa shape index (κ2) is 7.53. The Labute approximate surface area is 108 Å². The van der Waals surface area contributed by atoms with Gasteiger partial charge in [0.25, 0.3) is 0 Å². The summed E-state index contributed by atoms with van der Waals surface area (Å²) in [5.74, 6) is 0.706. The lowest BCUT2D eigenvalue weighted by atomic mass is 9.67. The largest absolute Gasteiger partial charge is 0.0683 e. The third-order valence-corrected chi connectivity index (χ3v) is 3.73. The van der Waals surface area contributed by atoms with E-state index in [1.165, 1.54) is 12.8 Å². The van der Waals surface area contributed by atoms with E-state index in [9.17, 15) is 0 Å². The third-order valence-electron chi connectivity index (χ3n) is 3.73. The quantitative estimate of drug-likeness (QED) is 0.531. The van der Waals surface area contributed by atoms with Crippen LogP contribution < -0.4 is 0 Å². The van der Waals surface area contributed by atoms with Crippen LogP contribution in [0, 0.1) is 5.41 Å². The minimum absolute atomic E-state index is 0.481. The number of rotatable bonds is 0. The Morgan fingerprint density at radius 3 is 2.12 bits per heavy atom. The predicted molar refractivity (Wildman–Crippen MR) is 79.7 cm³/mol. The highest BCUT2D eigenvalue weighted by molar-refractivity contribution is 5.33. The first-order chi connectivity index (χ1) is 8.11. The van der Waals surface area contributed by atoms with Gasteiger partial charge < -0.3 is 0 Å². The monoisotopic (exact) mass is 234 g/mol. The molecule has 0 amide bonds. The van der Waals surface area contributed by atoms with E-state index in [0.717, 1.165) is 0 Å². The summed E-state index contributed by atoms with van der Waals surface area (Å²) < 4.78 is 0. The SMILES string of the molecule is CC.CC.CC1c2ccccc2CCC1(C)C. The van der Waals surface area contributed by atoms with Crippen LogP contribution in [0.15, 0.2) is 24.3 Å². The molecule has 0 heterocycles. The highest BCUT2D eigenvalue weighted by atomic mass is 14.4. The van der Waals surface area contributed by atoms with Crippen LogP contribution in [0.5, 0.6) is 0 Å². The molecule has 1 aromatic carbocycles. The summed E-state index contributed by atoms with van der Waals surface area (Å²) in [6.45, 7) is 15.1.